The van der Waals surface area contributed by atoms with Crippen LogP contribution in [0.1, 0.15) is 25.3 Å². The minimum atomic E-state index is -1.46. The molecular formula is C25H33N3O6. The second-order valence-electron chi connectivity index (χ2n) is 9.42. The standard InChI is InChI=1S/C25H33N3O6/c1-16(30)25(2)15-28(24(32)21(31)14-29)13-20(25)17-6-7-22(33-3)23(9-17)34-19-11-27(12-19)18-5-4-8-26-10-18/h4-10,16,19-21,29-31H,11-15H2,1-3H3/t16-,20+,21+,25+/m1/s1. The normalized spacial score (nSPS) is 24.5. The largest absolute Gasteiger partial charge is 0.493 e. The summed E-state index contributed by atoms with van der Waals surface area (Å²) in [6.07, 6.45) is 1.40. The molecule has 2 aliphatic heterocycles. The smallest absolute Gasteiger partial charge is 0.253 e. The molecule has 184 valence electrons. The quantitative estimate of drug-likeness (QED) is 0.523. The number of benzene rings is 1. The highest BCUT2D eigenvalue weighted by Gasteiger charge is 2.49. The number of amides is 1. The van der Waals surface area contributed by atoms with Gasteiger partial charge in [0.2, 0.25) is 0 Å². The van der Waals surface area contributed by atoms with Crippen molar-refractivity contribution in [3.05, 3.63) is 48.3 Å². The number of aromatic nitrogens is 1. The van der Waals surface area contributed by atoms with Crippen LogP contribution in [0.3, 0.4) is 0 Å². The Bertz CT molecular complexity index is 997. The van der Waals surface area contributed by atoms with Gasteiger partial charge in [0.05, 0.1) is 44.8 Å². The molecular weight excluding hydrogens is 438 g/mol. The van der Waals surface area contributed by atoms with Crippen LogP contribution in [0.2, 0.25) is 0 Å². The molecule has 3 heterocycles. The van der Waals surface area contributed by atoms with Gasteiger partial charge < -0.3 is 34.6 Å². The van der Waals surface area contributed by atoms with Crippen LogP contribution in [0.5, 0.6) is 11.5 Å². The maximum absolute atomic E-state index is 12.6. The number of rotatable bonds is 8. The molecule has 2 aromatic rings. The molecule has 0 radical (unpaired) electrons. The first-order chi connectivity index (χ1) is 16.3. The number of nitrogens with zero attached hydrogens (tertiary/aromatic N) is 3. The van der Waals surface area contributed by atoms with Gasteiger partial charge in [0, 0.05) is 30.6 Å². The molecule has 0 unspecified atom stereocenters. The number of ether oxygens (including phenoxy) is 2. The highest BCUT2D eigenvalue weighted by molar-refractivity contribution is 5.81. The van der Waals surface area contributed by atoms with Gasteiger partial charge in [-0.3, -0.25) is 9.78 Å². The summed E-state index contributed by atoms with van der Waals surface area (Å²) >= 11 is 0. The van der Waals surface area contributed by atoms with E-state index in [0.717, 1.165) is 24.3 Å². The van der Waals surface area contributed by atoms with Crippen LogP contribution in [0.15, 0.2) is 42.7 Å². The molecule has 4 atom stereocenters. The average molecular weight is 472 g/mol. The van der Waals surface area contributed by atoms with Crippen LogP contribution in [0.4, 0.5) is 5.69 Å². The minimum absolute atomic E-state index is 0.00568. The average Bonchev–Trinajstić information content (AvgIpc) is 3.19. The van der Waals surface area contributed by atoms with Crippen molar-refractivity contribution in [1.82, 2.24) is 9.88 Å². The zero-order valence-corrected chi connectivity index (χ0v) is 19.8. The summed E-state index contributed by atoms with van der Waals surface area (Å²) in [6, 6.07) is 9.62. The molecule has 0 spiro atoms. The number of methoxy groups -OCH3 is 1. The molecule has 9 heteroatoms. The fraction of sp³-hybridized carbons (Fsp3) is 0.520. The van der Waals surface area contributed by atoms with E-state index in [1.165, 1.54) is 4.90 Å². The lowest BCUT2D eigenvalue weighted by Gasteiger charge is -2.40. The number of aliphatic hydroxyl groups is 3. The van der Waals surface area contributed by atoms with Crippen molar-refractivity contribution in [2.24, 2.45) is 5.41 Å². The van der Waals surface area contributed by atoms with E-state index >= 15 is 0 Å². The van der Waals surface area contributed by atoms with Gasteiger partial charge in [0.25, 0.3) is 5.91 Å². The molecule has 1 aromatic heterocycles. The second kappa shape index (κ2) is 9.77. The number of aliphatic hydroxyl groups excluding tert-OH is 3. The fourth-order valence-electron chi connectivity index (χ4n) is 4.83. The summed E-state index contributed by atoms with van der Waals surface area (Å²) in [6.45, 7) is 5.07. The number of carbonyl (C=O) groups is 1. The zero-order chi connectivity index (χ0) is 24.5. The Morgan fingerprint density at radius 3 is 2.62 bits per heavy atom. The van der Waals surface area contributed by atoms with E-state index in [-0.39, 0.29) is 18.6 Å². The van der Waals surface area contributed by atoms with E-state index in [1.54, 1.807) is 20.2 Å². The van der Waals surface area contributed by atoms with E-state index in [0.29, 0.717) is 18.0 Å². The Morgan fingerprint density at radius 2 is 2.00 bits per heavy atom. The van der Waals surface area contributed by atoms with E-state index in [2.05, 4.69) is 9.88 Å². The molecule has 1 amide bonds. The highest BCUT2D eigenvalue weighted by Crippen LogP contribution is 2.47. The number of anilines is 1. The number of pyridine rings is 1. The summed E-state index contributed by atoms with van der Waals surface area (Å²) < 4.78 is 11.8. The number of carbonyl (C=O) groups excluding carboxylic acids is 1. The molecule has 3 N–H and O–H groups in total. The maximum Gasteiger partial charge on any atom is 0.253 e. The lowest BCUT2D eigenvalue weighted by atomic mass is 9.72. The lowest BCUT2D eigenvalue weighted by molar-refractivity contribution is -0.141. The lowest BCUT2D eigenvalue weighted by Crippen LogP contribution is -2.54. The first-order valence-corrected chi connectivity index (χ1v) is 11.5. The summed E-state index contributed by atoms with van der Waals surface area (Å²) in [5.74, 6) is 0.503. The third kappa shape index (κ3) is 4.55. The van der Waals surface area contributed by atoms with Crippen molar-refractivity contribution in [3.8, 4) is 11.5 Å². The SMILES string of the molecule is COc1ccc([C@@H]2CN(C(=O)[C@@H](O)CO)C[C@@]2(C)[C@@H](C)O)cc1OC1CN(c2cccnc2)C1. The van der Waals surface area contributed by atoms with Crippen LogP contribution in [-0.4, -0.2) is 89.3 Å². The molecule has 34 heavy (non-hydrogen) atoms. The van der Waals surface area contributed by atoms with Crippen molar-refractivity contribution >= 4 is 11.6 Å². The van der Waals surface area contributed by atoms with Crippen molar-refractivity contribution in [2.75, 3.05) is 44.8 Å². The zero-order valence-electron chi connectivity index (χ0n) is 19.8. The fourth-order valence-corrected chi connectivity index (χ4v) is 4.83. The minimum Gasteiger partial charge on any atom is -0.493 e. The van der Waals surface area contributed by atoms with Gasteiger partial charge in [-0.2, -0.15) is 0 Å². The van der Waals surface area contributed by atoms with Gasteiger partial charge in [-0.25, -0.2) is 0 Å². The predicted molar refractivity (Wildman–Crippen MR) is 126 cm³/mol. The third-order valence-corrected chi connectivity index (χ3v) is 7.20. The van der Waals surface area contributed by atoms with Crippen LogP contribution < -0.4 is 14.4 Å². The number of hydrogen-bond acceptors (Lipinski definition) is 8. The van der Waals surface area contributed by atoms with Gasteiger partial charge >= 0.3 is 0 Å². The Hall–Kier alpha value is -2.88. The van der Waals surface area contributed by atoms with Crippen LogP contribution in [0, 0.1) is 5.41 Å². The Labute approximate surface area is 199 Å². The van der Waals surface area contributed by atoms with Gasteiger partial charge in [-0.1, -0.05) is 13.0 Å². The number of hydrogen-bond donors (Lipinski definition) is 3. The van der Waals surface area contributed by atoms with E-state index < -0.39 is 30.1 Å². The first kappa shape index (κ1) is 24.3. The molecule has 0 aliphatic carbocycles. The summed E-state index contributed by atoms with van der Waals surface area (Å²) in [5.41, 5.74) is 1.33. The molecule has 2 fully saturated rings. The molecule has 1 aromatic carbocycles. The first-order valence-electron chi connectivity index (χ1n) is 11.5. The van der Waals surface area contributed by atoms with Gasteiger partial charge in [-0.15, -0.1) is 0 Å². The van der Waals surface area contributed by atoms with E-state index in [1.807, 2.05) is 43.5 Å². The van der Waals surface area contributed by atoms with E-state index in [9.17, 15) is 20.1 Å². The summed E-state index contributed by atoms with van der Waals surface area (Å²) in [7, 11) is 1.59. The Morgan fingerprint density at radius 1 is 1.24 bits per heavy atom. The predicted octanol–water partition coefficient (Wildman–Crippen LogP) is 1.02. The van der Waals surface area contributed by atoms with E-state index in [4.69, 9.17) is 9.47 Å². The monoisotopic (exact) mass is 471 g/mol. The molecule has 0 saturated carbocycles. The van der Waals surface area contributed by atoms with Crippen LogP contribution >= 0.6 is 0 Å². The Balaban J connectivity index is 1.53. The van der Waals surface area contributed by atoms with Crippen molar-refractivity contribution in [3.63, 3.8) is 0 Å². The molecule has 9 nitrogen and oxygen atoms in total. The van der Waals surface area contributed by atoms with Crippen LogP contribution in [-0.2, 0) is 4.79 Å². The maximum atomic E-state index is 12.6. The van der Waals surface area contributed by atoms with Gasteiger partial charge in [-0.05, 0) is 36.8 Å². The Kier molecular flexibility index (Phi) is 6.97. The van der Waals surface area contributed by atoms with Gasteiger partial charge in [0.15, 0.2) is 17.6 Å². The van der Waals surface area contributed by atoms with Gasteiger partial charge in [0.1, 0.15) is 6.10 Å². The van der Waals surface area contributed by atoms with Crippen molar-refractivity contribution in [2.45, 2.75) is 38.1 Å². The summed E-state index contributed by atoms with van der Waals surface area (Å²) in [4.78, 5) is 20.4. The van der Waals surface area contributed by atoms with Crippen molar-refractivity contribution in [1.29, 1.82) is 0 Å². The molecule has 4 rings (SSSR count). The topological polar surface area (TPSA) is 116 Å². The molecule has 2 aliphatic rings. The molecule has 2 saturated heterocycles. The second-order valence-corrected chi connectivity index (χ2v) is 9.42. The highest BCUT2D eigenvalue weighted by atomic mass is 16.5. The van der Waals surface area contributed by atoms with Crippen molar-refractivity contribution < 1.29 is 29.6 Å². The van der Waals surface area contributed by atoms with Crippen LogP contribution in [0.25, 0.3) is 0 Å². The molecule has 0 bridgehead atoms. The summed E-state index contributed by atoms with van der Waals surface area (Å²) in [5, 5.41) is 29.7. The third-order valence-electron chi connectivity index (χ3n) is 7.20. The number of likely N-dealkylation sites (tertiary alicyclic amines) is 1.